The number of nitrogens with zero attached hydrogens (tertiary/aromatic N) is 1. The number of hydrogen-bond donors (Lipinski definition) is 1. The molecule has 2 aliphatic rings. The van der Waals surface area contributed by atoms with E-state index >= 15 is 0 Å². The second-order valence-electron chi connectivity index (χ2n) is 6.14. The molecule has 4 nitrogen and oxygen atoms in total. The first-order chi connectivity index (χ1) is 9.62. The van der Waals surface area contributed by atoms with E-state index in [1.165, 1.54) is 11.1 Å². The van der Waals surface area contributed by atoms with Gasteiger partial charge in [-0.05, 0) is 42.9 Å². The van der Waals surface area contributed by atoms with E-state index in [2.05, 4.69) is 19.2 Å². The van der Waals surface area contributed by atoms with Crippen molar-refractivity contribution in [2.24, 2.45) is 5.92 Å². The molecule has 3 atom stereocenters. The van der Waals surface area contributed by atoms with E-state index in [0.29, 0.717) is 12.0 Å². The molecular formula is C16H22N2O2. The molecular weight excluding hydrogens is 252 g/mol. The predicted octanol–water partition coefficient (Wildman–Crippen LogP) is 3.19. The van der Waals surface area contributed by atoms with Gasteiger partial charge in [0.25, 0.3) is 5.69 Å². The van der Waals surface area contributed by atoms with Crippen molar-refractivity contribution in [1.82, 2.24) is 5.32 Å². The van der Waals surface area contributed by atoms with Gasteiger partial charge in [-0.3, -0.25) is 10.1 Å². The minimum absolute atomic E-state index is 0.129. The third kappa shape index (κ3) is 1.78. The Balaban J connectivity index is 2.17. The molecule has 0 aromatic heterocycles. The highest BCUT2D eigenvalue weighted by Gasteiger charge is 2.49. The molecule has 108 valence electrons. The van der Waals surface area contributed by atoms with E-state index in [4.69, 9.17) is 0 Å². The van der Waals surface area contributed by atoms with Crippen molar-refractivity contribution in [3.8, 4) is 0 Å². The van der Waals surface area contributed by atoms with Crippen molar-refractivity contribution in [2.75, 3.05) is 6.54 Å². The lowest BCUT2D eigenvalue weighted by atomic mass is 9.56. The van der Waals surface area contributed by atoms with E-state index in [-0.39, 0.29) is 16.0 Å². The van der Waals surface area contributed by atoms with Crippen molar-refractivity contribution in [3.05, 3.63) is 39.4 Å². The zero-order chi connectivity index (χ0) is 14.3. The highest BCUT2D eigenvalue weighted by atomic mass is 16.6. The molecule has 2 bridgehead atoms. The summed E-state index contributed by atoms with van der Waals surface area (Å²) in [7, 11) is 0. The van der Waals surface area contributed by atoms with Gasteiger partial charge in [-0.2, -0.15) is 0 Å². The standard InChI is InChI=1S/C16H22N2O2/c1-3-13-15-9-11-5-6-12(18(19)20)10-14(11)16(13,4-2)7-8-17-15/h5-6,10,13,15,17H,3-4,7-9H2,1-2H3/t13-,15-,16-/m1/s1. The number of nitro groups is 1. The maximum Gasteiger partial charge on any atom is 0.269 e. The summed E-state index contributed by atoms with van der Waals surface area (Å²) in [6.45, 7) is 5.51. The summed E-state index contributed by atoms with van der Waals surface area (Å²) in [4.78, 5) is 10.8. The largest absolute Gasteiger partial charge is 0.313 e. The zero-order valence-corrected chi connectivity index (χ0v) is 12.2. The van der Waals surface area contributed by atoms with E-state index in [9.17, 15) is 10.1 Å². The molecule has 1 aliphatic heterocycles. The molecule has 0 unspecified atom stereocenters. The van der Waals surface area contributed by atoms with Crippen LogP contribution in [0.4, 0.5) is 5.69 Å². The first-order valence-corrected chi connectivity index (χ1v) is 7.63. The maximum absolute atomic E-state index is 11.1. The molecule has 1 saturated heterocycles. The fraction of sp³-hybridized carbons (Fsp3) is 0.625. The highest BCUT2D eigenvalue weighted by Crippen LogP contribution is 2.50. The van der Waals surface area contributed by atoms with Crippen LogP contribution in [0.25, 0.3) is 0 Å². The van der Waals surface area contributed by atoms with Crippen LogP contribution in [0.2, 0.25) is 0 Å². The third-order valence-electron chi connectivity index (χ3n) is 5.52. The summed E-state index contributed by atoms with van der Waals surface area (Å²) >= 11 is 0. The number of benzene rings is 1. The van der Waals surface area contributed by atoms with Crippen LogP contribution in [0.1, 0.15) is 44.2 Å². The Labute approximate surface area is 119 Å². The maximum atomic E-state index is 11.1. The Morgan fingerprint density at radius 3 is 2.90 bits per heavy atom. The van der Waals surface area contributed by atoms with Crippen LogP contribution >= 0.6 is 0 Å². The van der Waals surface area contributed by atoms with Crippen molar-refractivity contribution in [3.63, 3.8) is 0 Å². The Morgan fingerprint density at radius 2 is 2.25 bits per heavy atom. The summed E-state index contributed by atoms with van der Waals surface area (Å²) in [6.07, 6.45) is 4.30. The van der Waals surface area contributed by atoms with E-state index in [1.807, 2.05) is 12.1 Å². The lowest BCUT2D eigenvalue weighted by Gasteiger charge is -2.53. The molecule has 1 aliphatic carbocycles. The van der Waals surface area contributed by atoms with Gasteiger partial charge in [0.05, 0.1) is 4.92 Å². The molecule has 4 heteroatoms. The van der Waals surface area contributed by atoms with Gasteiger partial charge < -0.3 is 5.32 Å². The van der Waals surface area contributed by atoms with Gasteiger partial charge in [0.15, 0.2) is 0 Å². The number of nitrogens with one attached hydrogen (secondary N) is 1. The number of non-ortho nitro benzene ring substituents is 1. The predicted molar refractivity (Wildman–Crippen MR) is 79.0 cm³/mol. The first-order valence-electron chi connectivity index (χ1n) is 7.63. The Hall–Kier alpha value is -1.42. The number of fused-ring (bicyclic) bond motifs is 4. The summed E-state index contributed by atoms with van der Waals surface area (Å²) < 4.78 is 0. The zero-order valence-electron chi connectivity index (χ0n) is 12.2. The molecule has 1 aromatic carbocycles. The smallest absolute Gasteiger partial charge is 0.269 e. The monoisotopic (exact) mass is 274 g/mol. The van der Waals surface area contributed by atoms with Gasteiger partial charge in [0.1, 0.15) is 0 Å². The molecule has 3 rings (SSSR count). The number of nitro benzene ring substituents is 1. The minimum atomic E-state index is -0.266. The Morgan fingerprint density at radius 1 is 1.45 bits per heavy atom. The number of piperidine rings is 1. The third-order valence-corrected chi connectivity index (χ3v) is 5.52. The SMILES string of the molecule is CC[C@@H]1[C@H]2Cc3ccc([N+](=O)[O-])cc3[C@]1(CC)CCN2. The van der Waals surface area contributed by atoms with Gasteiger partial charge in [-0.1, -0.05) is 26.3 Å². The second kappa shape index (κ2) is 4.85. The van der Waals surface area contributed by atoms with Crippen molar-refractivity contribution in [2.45, 2.75) is 51.0 Å². The van der Waals surface area contributed by atoms with Gasteiger partial charge in [0.2, 0.25) is 0 Å². The number of rotatable bonds is 3. The summed E-state index contributed by atoms with van der Waals surface area (Å²) in [5.41, 5.74) is 2.92. The van der Waals surface area contributed by atoms with Gasteiger partial charge in [-0.25, -0.2) is 0 Å². The summed E-state index contributed by atoms with van der Waals surface area (Å²) in [5.74, 6) is 0.593. The fourth-order valence-corrected chi connectivity index (χ4v) is 4.60. The molecule has 1 N–H and O–H groups in total. The molecule has 1 heterocycles. The van der Waals surface area contributed by atoms with Crippen LogP contribution in [0.5, 0.6) is 0 Å². The topological polar surface area (TPSA) is 55.2 Å². The van der Waals surface area contributed by atoms with Gasteiger partial charge >= 0.3 is 0 Å². The average Bonchev–Trinajstić information content (AvgIpc) is 2.46. The highest BCUT2D eigenvalue weighted by molar-refractivity contribution is 5.47. The van der Waals surface area contributed by atoms with Crippen molar-refractivity contribution in [1.29, 1.82) is 0 Å². The van der Waals surface area contributed by atoms with Crippen LogP contribution in [-0.4, -0.2) is 17.5 Å². The average molecular weight is 274 g/mol. The Kier molecular flexibility index (Phi) is 3.28. The van der Waals surface area contributed by atoms with Crippen molar-refractivity contribution < 1.29 is 4.92 Å². The second-order valence-corrected chi connectivity index (χ2v) is 6.14. The van der Waals surface area contributed by atoms with Crippen LogP contribution in [0, 0.1) is 16.0 Å². The van der Waals surface area contributed by atoms with Crippen LogP contribution in [-0.2, 0) is 11.8 Å². The van der Waals surface area contributed by atoms with Gasteiger partial charge in [-0.15, -0.1) is 0 Å². The van der Waals surface area contributed by atoms with E-state index in [1.54, 1.807) is 6.07 Å². The lowest BCUT2D eigenvalue weighted by Crippen LogP contribution is -2.58. The molecule has 0 radical (unpaired) electrons. The first kappa shape index (κ1) is 13.6. The summed E-state index contributed by atoms with van der Waals surface area (Å²) in [6, 6.07) is 6.01. The Bertz CT molecular complexity index is 543. The van der Waals surface area contributed by atoms with Crippen molar-refractivity contribution >= 4 is 5.69 Å². The van der Waals surface area contributed by atoms with Crippen LogP contribution in [0.15, 0.2) is 18.2 Å². The molecule has 20 heavy (non-hydrogen) atoms. The normalized spacial score (nSPS) is 31.7. The molecule has 1 fully saturated rings. The molecule has 0 saturated carbocycles. The van der Waals surface area contributed by atoms with E-state index in [0.717, 1.165) is 32.2 Å². The lowest BCUT2D eigenvalue weighted by molar-refractivity contribution is -0.385. The minimum Gasteiger partial charge on any atom is -0.313 e. The van der Waals surface area contributed by atoms with Crippen LogP contribution in [0.3, 0.4) is 0 Å². The van der Waals surface area contributed by atoms with E-state index < -0.39 is 0 Å². The van der Waals surface area contributed by atoms with Gasteiger partial charge in [0, 0.05) is 23.6 Å². The molecule has 0 spiro atoms. The van der Waals surface area contributed by atoms with Crippen LogP contribution < -0.4 is 5.32 Å². The fourth-order valence-electron chi connectivity index (χ4n) is 4.60. The summed E-state index contributed by atoms with van der Waals surface area (Å²) in [5, 5.41) is 14.8. The number of hydrogen-bond acceptors (Lipinski definition) is 3. The quantitative estimate of drug-likeness (QED) is 0.680. The molecule has 0 amide bonds. The molecule has 1 aromatic rings.